The molecule has 0 spiro atoms. The summed E-state index contributed by atoms with van der Waals surface area (Å²) in [4.78, 5) is 12.4. The van der Waals surface area contributed by atoms with Crippen LogP contribution >= 0.6 is 0 Å². The zero-order valence-corrected chi connectivity index (χ0v) is 8.58. The molecule has 1 fully saturated rings. The van der Waals surface area contributed by atoms with Crippen molar-refractivity contribution in [2.75, 3.05) is 13.1 Å². The van der Waals surface area contributed by atoms with Gasteiger partial charge in [-0.15, -0.1) is 0 Å². The number of β-amino-alcohol motifs (C(OH)–C–C–N with tert-alkyl or cyclic N) is 1. The van der Waals surface area contributed by atoms with Gasteiger partial charge in [0.05, 0.1) is 6.10 Å². The Hall–Kier alpha value is -0.690. The topological polar surface area (TPSA) is 101 Å². The lowest BCUT2D eigenvalue weighted by Gasteiger charge is -2.41. The number of carbonyl (C=O) groups is 1. The van der Waals surface area contributed by atoms with E-state index in [1.165, 1.54) is 4.90 Å². The highest BCUT2D eigenvalue weighted by Gasteiger charge is 2.44. The number of aliphatic carboxylic acids is 1. The van der Waals surface area contributed by atoms with Crippen LogP contribution in [0.3, 0.4) is 0 Å². The second-order valence-corrected chi connectivity index (χ2v) is 3.83. The lowest BCUT2D eigenvalue weighted by Crippen LogP contribution is -2.63. The molecular weight excluding hydrogens is 202 g/mol. The van der Waals surface area contributed by atoms with E-state index in [1.807, 2.05) is 6.92 Å². The molecular formula is C9H17NO5. The molecule has 0 radical (unpaired) electrons. The van der Waals surface area contributed by atoms with E-state index < -0.39 is 30.3 Å². The molecule has 0 aromatic carbocycles. The van der Waals surface area contributed by atoms with E-state index in [1.54, 1.807) is 0 Å². The summed E-state index contributed by atoms with van der Waals surface area (Å²) in [5.41, 5.74) is 0. The van der Waals surface area contributed by atoms with Crippen LogP contribution in [0.1, 0.15) is 13.3 Å². The van der Waals surface area contributed by atoms with Crippen LogP contribution in [0.5, 0.6) is 0 Å². The fraction of sp³-hybridized carbons (Fsp3) is 0.889. The van der Waals surface area contributed by atoms with Gasteiger partial charge in [0, 0.05) is 6.54 Å². The van der Waals surface area contributed by atoms with E-state index in [0.717, 1.165) is 6.42 Å². The zero-order valence-electron chi connectivity index (χ0n) is 8.58. The predicted octanol–water partition coefficient (Wildman–Crippen LogP) is -1.75. The highest BCUT2D eigenvalue weighted by molar-refractivity contribution is 5.74. The molecule has 15 heavy (non-hydrogen) atoms. The Morgan fingerprint density at radius 2 is 1.93 bits per heavy atom. The van der Waals surface area contributed by atoms with Crippen molar-refractivity contribution in [3.8, 4) is 0 Å². The van der Waals surface area contributed by atoms with Crippen LogP contribution in [0.25, 0.3) is 0 Å². The van der Waals surface area contributed by atoms with Crippen molar-refractivity contribution in [1.82, 2.24) is 4.90 Å². The van der Waals surface area contributed by atoms with Crippen LogP contribution in [-0.2, 0) is 4.79 Å². The molecule has 0 aliphatic carbocycles. The lowest BCUT2D eigenvalue weighted by molar-refractivity contribution is -0.170. The fourth-order valence-corrected chi connectivity index (χ4v) is 1.91. The van der Waals surface area contributed by atoms with Gasteiger partial charge in [0.15, 0.2) is 0 Å². The fourth-order valence-electron chi connectivity index (χ4n) is 1.91. The maximum Gasteiger partial charge on any atom is 0.323 e. The van der Waals surface area contributed by atoms with E-state index in [2.05, 4.69) is 0 Å². The number of rotatable bonds is 3. The van der Waals surface area contributed by atoms with Gasteiger partial charge < -0.3 is 20.4 Å². The molecule has 0 saturated carbocycles. The molecule has 0 bridgehead atoms. The van der Waals surface area contributed by atoms with Gasteiger partial charge in [-0.3, -0.25) is 9.69 Å². The van der Waals surface area contributed by atoms with Gasteiger partial charge in [-0.2, -0.15) is 0 Å². The van der Waals surface area contributed by atoms with Gasteiger partial charge in [0.25, 0.3) is 0 Å². The van der Waals surface area contributed by atoms with Crippen molar-refractivity contribution in [1.29, 1.82) is 0 Å². The van der Waals surface area contributed by atoms with E-state index in [9.17, 15) is 20.1 Å². The SMILES string of the molecule is CCCN1C[C@H](O)[C@@H](O)[C@H](O)[C@H]1C(=O)O. The van der Waals surface area contributed by atoms with Gasteiger partial charge in [-0.05, 0) is 13.0 Å². The van der Waals surface area contributed by atoms with Crippen LogP contribution in [0, 0.1) is 0 Å². The first-order chi connectivity index (χ1) is 6.99. The van der Waals surface area contributed by atoms with Crippen LogP contribution in [-0.4, -0.2) is 68.7 Å². The maximum atomic E-state index is 10.9. The molecule has 6 nitrogen and oxygen atoms in total. The quantitative estimate of drug-likeness (QED) is 0.449. The summed E-state index contributed by atoms with van der Waals surface area (Å²) in [6, 6.07) is -1.14. The smallest absolute Gasteiger partial charge is 0.323 e. The third-order valence-corrected chi connectivity index (χ3v) is 2.65. The molecule has 88 valence electrons. The summed E-state index contributed by atoms with van der Waals surface area (Å²) in [5.74, 6) is -1.18. The normalized spacial score (nSPS) is 37.9. The molecule has 1 aliphatic rings. The van der Waals surface area contributed by atoms with Crippen molar-refractivity contribution in [2.45, 2.75) is 37.7 Å². The molecule has 1 aliphatic heterocycles. The monoisotopic (exact) mass is 219 g/mol. The Kier molecular flexibility index (Phi) is 4.04. The van der Waals surface area contributed by atoms with Gasteiger partial charge in [-0.25, -0.2) is 0 Å². The lowest BCUT2D eigenvalue weighted by atomic mass is 9.94. The second kappa shape index (κ2) is 4.89. The number of aliphatic hydroxyl groups excluding tert-OH is 3. The zero-order chi connectivity index (χ0) is 11.6. The van der Waals surface area contributed by atoms with Crippen LogP contribution in [0.15, 0.2) is 0 Å². The predicted molar refractivity (Wildman–Crippen MR) is 51.3 cm³/mol. The molecule has 0 amide bonds. The number of likely N-dealkylation sites (tertiary alicyclic amines) is 1. The summed E-state index contributed by atoms with van der Waals surface area (Å²) in [6.07, 6.45) is -3.21. The summed E-state index contributed by atoms with van der Waals surface area (Å²) in [6.45, 7) is 2.42. The summed E-state index contributed by atoms with van der Waals surface area (Å²) in [7, 11) is 0. The largest absolute Gasteiger partial charge is 0.480 e. The Balaban J connectivity index is 2.81. The highest BCUT2D eigenvalue weighted by Crippen LogP contribution is 2.19. The van der Waals surface area contributed by atoms with Crippen LogP contribution < -0.4 is 0 Å². The molecule has 1 saturated heterocycles. The number of nitrogens with zero attached hydrogens (tertiary/aromatic N) is 1. The van der Waals surface area contributed by atoms with Crippen molar-refractivity contribution >= 4 is 5.97 Å². The van der Waals surface area contributed by atoms with Crippen molar-refractivity contribution in [3.05, 3.63) is 0 Å². The van der Waals surface area contributed by atoms with Crippen LogP contribution in [0.2, 0.25) is 0 Å². The average molecular weight is 219 g/mol. The number of piperidine rings is 1. The third-order valence-electron chi connectivity index (χ3n) is 2.65. The first kappa shape index (κ1) is 12.4. The number of hydrogen-bond acceptors (Lipinski definition) is 5. The van der Waals surface area contributed by atoms with Crippen molar-refractivity contribution in [3.63, 3.8) is 0 Å². The number of hydrogen-bond donors (Lipinski definition) is 4. The molecule has 1 heterocycles. The third kappa shape index (κ3) is 2.46. The maximum absolute atomic E-state index is 10.9. The molecule has 0 unspecified atom stereocenters. The summed E-state index contributed by atoms with van der Waals surface area (Å²) >= 11 is 0. The minimum absolute atomic E-state index is 0.0725. The molecule has 6 heteroatoms. The molecule has 0 aromatic rings. The number of carboxylic acid groups (broad SMARTS) is 1. The van der Waals surface area contributed by atoms with Gasteiger partial charge in [0.2, 0.25) is 0 Å². The molecule has 0 aromatic heterocycles. The van der Waals surface area contributed by atoms with Crippen molar-refractivity contribution < 1.29 is 25.2 Å². The summed E-state index contributed by atoms with van der Waals surface area (Å²) in [5, 5.41) is 37.2. The second-order valence-electron chi connectivity index (χ2n) is 3.83. The minimum atomic E-state index is -1.45. The van der Waals surface area contributed by atoms with Gasteiger partial charge in [-0.1, -0.05) is 6.92 Å². The molecule has 4 atom stereocenters. The first-order valence-electron chi connectivity index (χ1n) is 5.00. The standard InChI is InChI=1S/C9H17NO5/c1-2-3-10-4-5(11)7(12)8(13)6(10)9(14)15/h5-8,11-13H,2-4H2,1H3,(H,14,15)/t5-,6-,7+,8+/m0/s1. The average Bonchev–Trinajstić information content (AvgIpc) is 2.14. The Morgan fingerprint density at radius 1 is 1.33 bits per heavy atom. The number of carboxylic acids is 1. The first-order valence-corrected chi connectivity index (χ1v) is 5.00. The van der Waals surface area contributed by atoms with E-state index >= 15 is 0 Å². The summed E-state index contributed by atoms with van der Waals surface area (Å²) < 4.78 is 0. The molecule has 1 rings (SSSR count). The van der Waals surface area contributed by atoms with E-state index in [0.29, 0.717) is 6.54 Å². The Labute approximate surface area is 87.8 Å². The number of aliphatic hydroxyl groups is 3. The Bertz CT molecular complexity index is 235. The molecule has 4 N–H and O–H groups in total. The van der Waals surface area contributed by atoms with Gasteiger partial charge >= 0.3 is 5.97 Å². The highest BCUT2D eigenvalue weighted by atomic mass is 16.4. The Morgan fingerprint density at radius 3 is 2.40 bits per heavy atom. The van der Waals surface area contributed by atoms with E-state index in [4.69, 9.17) is 5.11 Å². The van der Waals surface area contributed by atoms with Gasteiger partial charge in [0.1, 0.15) is 18.2 Å². The van der Waals surface area contributed by atoms with Crippen LogP contribution in [0.4, 0.5) is 0 Å². The van der Waals surface area contributed by atoms with Crippen molar-refractivity contribution in [2.24, 2.45) is 0 Å². The minimum Gasteiger partial charge on any atom is -0.480 e. The van der Waals surface area contributed by atoms with E-state index in [-0.39, 0.29) is 6.54 Å².